The Kier molecular flexibility index (Phi) is 7.36. The molecule has 23 heavy (non-hydrogen) atoms. The number of carbonyl (C=O) groups excluding carboxylic acids is 1. The van der Waals surface area contributed by atoms with Crippen molar-refractivity contribution in [1.29, 1.82) is 0 Å². The van der Waals surface area contributed by atoms with Crippen molar-refractivity contribution in [2.45, 2.75) is 38.3 Å². The van der Waals surface area contributed by atoms with Gasteiger partial charge in [0.1, 0.15) is 0 Å². The van der Waals surface area contributed by atoms with Crippen molar-refractivity contribution in [3.05, 3.63) is 35.9 Å². The topological polar surface area (TPSA) is 53.6 Å². The van der Waals surface area contributed by atoms with Crippen LogP contribution < -0.4 is 10.6 Å². The number of carbonyl (C=O) groups is 1. The maximum Gasteiger partial charge on any atom is 0.315 e. The van der Waals surface area contributed by atoms with Crippen LogP contribution in [0.3, 0.4) is 0 Å². The van der Waals surface area contributed by atoms with E-state index < -0.39 is 0 Å². The van der Waals surface area contributed by atoms with Gasteiger partial charge in [-0.15, -0.1) is 0 Å². The number of nitrogens with one attached hydrogen (secondary N) is 2. The molecule has 2 amide bonds. The zero-order valence-electron chi connectivity index (χ0n) is 14.3. The number of urea groups is 1. The Balaban J connectivity index is 1.62. The molecule has 5 nitrogen and oxygen atoms in total. The van der Waals surface area contributed by atoms with E-state index in [1.807, 2.05) is 6.07 Å². The number of hydrogen-bond acceptors (Lipinski definition) is 3. The van der Waals surface area contributed by atoms with Gasteiger partial charge in [0.15, 0.2) is 0 Å². The predicted molar refractivity (Wildman–Crippen MR) is 92.6 cm³/mol. The Bertz CT molecular complexity index is 467. The molecule has 0 aromatic heterocycles. The molecule has 2 rings (SSSR count). The predicted octanol–water partition coefficient (Wildman–Crippen LogP) is 2.03. The first kappa shape index (κ1) is 17.8. The maximum atomic E-state index is 12.1. The van der Waals surface area contributed by atoms with Crippen molar-refractivity contribution >= 4 is 6.03 Å². The van der Waals surface area contributed by atoms with E-state index in [2.05, 4.69) is 46.7 Å². The standard InChI is InChI=1S/C18H29N3O2/c1-15(8-9-16-6-4-3-5-7-16)19-18(22)20-17-10-11-21(14-17)12-13-23-2/h3-7,15,17H,8-14H2,1-2H3,(H2,19,20,22)/t15-,17+/m0/s1. The van der Waals surface area contributed by atoms with Gasteiger partial charge in [-0.1, -0.05) is 30.3 Å². The monoisotopic (exact) mass is 319 g/mol. The molecule has 1 aromatic rings. The third kappa shape index (κ3) is 6.59. The second kappa shape index (κ2) is 9.53. The quantitative estimate of drug-likeness (QED) is 0.771. The van der Waals surface area contributed by atoms with Crippen molar-refractivity contribution in [3.63, 3.8) is 0 Å². The van der Waals surface area contributed by atoms with Crippen LogP contribution in [0.2, 0.25) is 0 Å². The van der Waals surface area contributed by atoms with Gasteiger partial charge in [-0.05, 0) is 31.7 Å². The zero-order valence-corrected chi connectivity index (χ0v) is 14.3. The highest BCUT2D eigenvalue weighted by atomic mass is 16.5. The van der Waals surface area contributed by atoms with Gasteiger partial charge < -0.3 is 15.4 Å². The van der Waals surface area contributed by atoms with Gasteiger partial charge in [0.25, 0.3) is 0 Å². The lowest BCUT2D eigenvalue weighted by molar-refractivity contribution is 0.159. The summed E-state index contributed by atoms with van der Waals surface area (Å²) in [6.07, 6.45) is 2.94. The largest absolute Gasteiger partial charge is 0.383 e. The molecule has 2 N–H and O–H groups in total. The zero-order chi connectivity index (χ0) is 16.5. The molecule has 0 bridgehead atoms. The molecular formula is C18H29N3O2. The summed E-state index contributed by atoms with van der Waals surface area (Å²) in [7, 11) is 1.72. The molecule has 2 atom stereocenters. The van der Waals surface area contributed by atoms with Gasteiger partial charge in [-0.25, -0.2) is 4.79 Å². The van der Waals surface area contributed by atoms with E-state index in [-0.39, 0.29) is 18.1 Å². The number of benzene rings is 1. The second-order valence-electron chi connectivity index (χ2n) is 6.32. The van der Waals surface area contributed by atoms with Crippen molar-refractivity contribution in [3.8, 4) is 0 Å². The van der Waals surface area contributed by atoms with Crippen LogP contribution in [0.1, 0.15) is 25.3 Å². The van der Waals surface area contributed by atoms with Crippen molar-refractivity contribution in [2.75, 3.05) is 33.4 Å². The molecular weight excluding hydrogens is 290 g/mol. The fourth-order valence-electron chi connectivity index (χ4n) is 2.92. The van der Waals surface area contributed by atoms with Crippen molar-refractivity contribution in [1.82, 2.24) is 15.5 Å². The number of likely N-dealkylation sites (tertiary alicyclic amines) is 1. The summed E-state index contributed by atoms with van der Waals surface area (Å²) in [6, 6.07) is 10.7. The third-order valence-electron chi connectivity index (χ3n) is 4.31. The van der Waals surface area contributed by atoms with Crippen LogP contribution in [0, 0.1) is 0 Å². The molecule has 0 aliphatic carbocycles. The van der Waals surface area contributed by atoms with Crippen LogP contribution in [-0.2, 0) is 11.2 Å². The van der Waals surface area contributed by atoms with Gasteiger partial charge in [-0.2, -0.15) is 0 Å². The first-order valence-corrected chi connectivity index (χ1v) is 8.49. The fourth-order valence-corrected chi connectivity index (χ4v) is 2.92. The molecule has 1 aromatic carbocycles. The molecule has 1 aliphatic rings. The van der Waals surface area contributed by atoms with Gasteiger partial charge in [0.05, 0.1) is 6.61 Å². The van der Waals surface area contributed by atoms with E-state index in [0.29, 0.717) is 0 Å². The Morgan fingerprint density at radius 1 is 1.39 bits per heavy atom. The van der Waals surface area contributed by atoms with Crippen LogP contribution in [0.5, 0.6) is 0 Å². The number of methoxy groups -OCH3 is 1. The fraction of sp³-hybridized carbons (Fsp3) is 0.611. The molecule has 1 saturated heterocycles. The molecule has 0 radical (unpaired) electrons. The van der Waals surface area contributed by atoms with Crippen LogP contribution in [0.25, 0.3) is 0 Å². The van der Waals surface area contributed by atoms with Crippen LogP contribution in [-0.4, -0.2) is 56.4 Å². The normalized spacial score (nSPS) is 19.5. The summed E-state index contributed by atoms with van der Waals surface area (Å²) < 4.78 is 5.09. The minimum absolute atomic E-state index is 0.0517. The van der Waals surface area contributed by atoms with E-state index in [1.165, 1.54) is 5.56 Å². The van der Waals surface area contributed by atoms with E-state index in [1.54, 1.807) is 7.11 Å². The number of hydrogen-bond donors (Lipinski definition) is 2. The highest BCUT2D eigenvalue weighted by molar-refractivity contribution is 5.74. The van der Waals surface area contributed by atoms with Crippen molar-refractivity contribution < 1.29 is 9.53 Å². The lowest BCUT2D eigenvalue weighted by Gasteiger charge is -2.19. The number of amides is 2. The minimum Gasteiger partial charge on any atom is -0.383 e. The summed E-state index contributed by atoms with van der Waals surface area (Å²) in [4.78, 5) is 14.4. The van der Waals surface area contributed by atoms with E-state index >= 15 is 0 Å². The highest BCUT2D eigenvalue weighted by Crippen LogP contribution is 2.09. The first-order valence-electron chi connectivity index (χ1n) is 8.49. The number of nitrogens with zero attached hydrogens (tertiary/aromatic N) is 1. The van der Waals surface area contributed by atoms with Crippen LogP contribution in [0.4, 0.5) is 4.79 Å². The number of aryl methyl sites for hydroxylation is 1. The summed E-state index contributed by atoms with van der Waals surface area (Å²) in [5.74, 6) is 0. The van der Waals surface area contributed by atoms with Crippen LogP contribution in [0.15, 0.2) is 30.3 Å². The van der Waals surface area contributed by atoms with Gasteiger partial charge >= 0.3 is 6.03 Å². The third-order valence-corrected chi connectivity index (χ3v) is 4.31. The van der Waals surface area contributed by atoms with Gasteiger partial charge in [-0.3, -0.25) is 4.90 Å². The molecule has 128 valence electrons. The average molecular weight is 319 g/mol. The Hall–Kier alpha value is -1.59. The molecule has 0 unspecified atom stereocenters. The molecule has 0 saturated carbocycles. The highest BCUT2D eigenvalue weighted by Gasteiger charge is 2.23. The Labute approximate surface area is 139 Å². The van der Waals surface area contributed by atoms with Gasteiger partial charge in [0.2, 0.25) is 0 Å². The molecule has 0 spiro atoms. The Morgan fingerprint density at radius 3 is 2.91 bits per heavy atom. The van der Waals surface area contributed by atoms with Crippen LogP contribution >= 0.6 is 0 Å². The molecule has 1 fully saturated rings. The SMILES string of the molecule is COCCN1CC[C@@H](NC(=O)N[C@@H](C)CCc2ccccc2)C1. The lowest BCUT2D eigenvalue weighted by atomic mass is 10.1. The van der Waals surface area contributed by atoms with Gasteiger partial charge in [0, 0.05) is 38.8 Å². The smallest absolute Gasteiger partial charge is 0.315 e. The number of ether oxygens (including phenoxy) is 1. The van der Waals surface area contributed by atoms with Crippen molar-refractivity contribution in [2.24, 2.45) is 0 Å². The molecule has 1 aliphatic heterocycles. The van der Waals surface area contributed by atoms with E-state index in [0.717, 1.165) is 45.5 Å². The summed E-state index contributed by atoms with van der Waals surface area (Å²) in [5, 5.41) is 6.12. The molecule has 1 heterocycles. The average Bonchev–Trinajstić information content (AvgIpc) is 2.99. The maximum absolute atomic E-state index is 12.1. The van der Waals surface area contributed by atoms with E-state index in [9.17, 15) is 4.79 Å². The minimum atomic E-state index is -0.0517. The summed E-state index contributed by atoms with van der Waals surface area (Å²) in [6.45, 7) is 5.67. The Morgan fingerprint density at radius 2 is 2.17 bits per heavy atom. The second-order valence-corrected chi connectivity index (χ2v) is 6.32. The van der Waals surface area contributed by atoms with E-state index in [4.69, 9.17) is 4.74 Å². The number of rotatable bonds is 8. The summed E-state index contributed by atoms with van der Waals surface area (Å²) in [5.41, 5.74) is 1.31. The molecule has 5 heteroatoms. The lowest BCUT2D eigenvalue weighted by Crippen LogP contribution is -2.46. The first-order chi connectivity index (χ1) is 11.2. The summed E-state index contributed by atoms with van der Waals surface area (Å²) >= 11 is 0.